The lowest BCUT2D eigenvalue weighted by Gasteiger charge is -2.39. The van der Waals surface area contributed by atoms with Crippen molar-refractivity contribution in [3.8, 4) is 0 Å². The van der Waals surface area contributed by atoms with Crippen LogP contribution < -0.4 is 5.32 Å². The van der Waals surface area contributed by atoms with Gasteiger partial charge in [0.2, 0.25) is 0 Å². The van der Waals surface area contributed by atoms with E-state index in [9.17, 15) is 14.7 Å². The van der Waals surface area contributed by atoms with Gasteiger partial charge in [0.25, 0.3) is 0 Å². The minimum absolute atomic E-state index is 0.0911. The summed E-state index contributed by atoms with van der Waals surface area (Å²) in [6, 6.07) is 0.0797. The van der Waals surface area contributed by atoms with Gasteiger partial charge in [0.1, 0.15) is 0 Å². The number of urea groups is 1. The van der Waals surface area contributed by atoms with Crippen LogP contribution in [0.5, 0.6) is 0 Å². The Morgan fingerprint density at radius 1 is 1.10 bits per heavy atom. The molecule has 118 valence electrons. The third-order valence-electron chi connectivity index (χ3n) is 4.96. The third-order valence-corrected chi connectivity index (χ3v) is 4.96. The fourth-order valence-electron chi connectivity index (χ4n) is 4.00. The van der Waals surface area contributed by atoms with Crippen LogP contribution in [0.15, 0.2) is 0 Å². The monoisotopic (exact) mass is 297 g/mol. The summed E-state index contributed by atoms with van der Waals surface area (Å²) in [5, 5.41) is 21.8. The summed E-state index contributed by atoms with van der Waals surface area (Å²) in [7, 11) is 0. The summed E-state index contributed by atoms with van der Waals surface area (Å²) in [6.07, 6.45) is 3.64. The van der Waals surface area contributed by atoms with Crippen molar-refractivity contribution in [1.29, 1.82) is 0 Å². The van der Waals surface area contributed by atoms with E-state index >= 15 is 0 Å². The topological polar surface area (TPSA) is 93.1 Å². The highest BCUT2D eigenvalue weighted by Gasteiger charge is 2.43. The smallest absolute Gasteiger partial charge is 0.407 e. The molecule has 2 unspecified atom stereocenters. The summed E-state index contributed by atoms with van der Waals surface area (Å²) >= 11 is 0. The molecular formula is C14H23N3O4. The molecule has 3 saturated heterocycles. The molecule has 0 aromatic carbocycles. The van der Waals surface area contributed by atoms with Gasteiger partial charge in [0.05, 0.1) is 6.10 Å². The van der Waals surface area contributed by atoms with Gasteiger partial charge in [-0.15, -0.1) is 0 Å². The van der Waals surface area contributed by atoms with E-state index in [1.54, 1.807) is 0 Å². The van der Waals surface area contributed by atoms with Gasteiger partial charge in [-0.1, -0.05) is 0 Å². The lowest BCUT2D eigenvalue weighted by atomic mass is 10.0. The van der Waals surface area contributed by atoms with Crippen LogP contribution in [0.2, 0.25) is 0 Å². The normalized spacial score (nSPS) is 35.7. The number of carbonyl (C=O) groups is 2. The van der Waals surface area contributed by atoms with Crippen LogP contribution in [0.25, 0.3) is 0 Å². The van der Waals surface area contributed by atoms with E-state index in [1.807, 2.05) is 4.90 Å². The van der Waals surface area contributed by atoms with Gasteiger partial charge in [-0.2, -0.15) is 0 Å². The highest BCUT2D eigenvalue weighted by molar-refractivity contribution is 5.76. The zero-order valence-electron chi connectivity index (χ0n) is 12.1. The molecule has 3 atom stereocenters. The standard InChI is InChI=1S/C14H23N3O4/c18-12-6-10-3-4-11(7-12)17(10)13(19)15-9-2-1-5-16(8-9)14(20)21/h9-12,18H,1-8H2,(H,15,19)(H,20,21)/t9-,10?,11?,12?/m0/s1. The number of fused-ring (bicyclic) bond motifs is 2. The average molecular weight is 297 g/mol. The Balaban J connectivity index is 1.58. The molecule has 21 heavy (non-hydrogen) atoms. The number of amides is 3. The van der Waals surface area contributed by atoms with Crippen molar-refractivity contribution in [3.05, 3.63) is 0 Å². The Morgan fingerprint density at radius 3 is 2.38 bits per heavy atom. The molecule has 0 spiro atoms. The first-order valence-corrected chi connectivity index (χ1v) is 7.79. The van der Waals surface area contributed by atoms with Gasteiger partial charge in [0.15, 0.2) is 0 Å². The molecule has 3 fully saturated rings. The Morgan fingerprint density at radius 2 is 1.76 bits per heavy atom. The Kier molecular flexibility index (Phi) is 3.93. The number of hydrogen-bond acceptors (Lipinski definition) is 3. The largest absolute Gasteiger partial charge is 0.465 e. The molecular weight excluding hydrogens is 274 g/mol. The average Bonchev–Trinajstić information content (AvgIpc) is 2.71. The minimum atomic E-state index is -0.921. The van der Waals surface area contributed by atoms with Crippen molar-refractivity contribution in [2.75, 3.05) is 13.1 Å². The van der Waals surface area contributed by atoms with E-state index in [0.717, 1.165) is 25.7 Å². The summed E-state index contributed by atoms with van der Waals surface area (Å²) < 4.78 is 0. The first-order valence-electron chi connectivity index (χ1n) is 7.79. The van der Waals surface area contributed by atoms with Gasteiger partial charge in [0, 0.05) is 31.2 Å². The maximum Gasteiger partial charge on any atom is 0.407 e. The second-order valence-electron chi connectivity index (χ2n) is 6.43. The quantitative estimate of drug-likeness (QED) is 0.668. The second kappa shape index (κ2) is 5.71. The number of carbonyl (C=O) groups excluding carboxylic acids is 1. The molecule has 2 bridgehead atoms. The fourth-order valence-corrected chi connectivity index (χ4v) is 4.00. The number of nitrogens with zero attached hydrogens (tertiary/aromatic N) is 2. The summed E-state index contributed by atoms with van der Waals surface area (Å²) in [5.41, 5.74) is 0. The van der Waals surface area contributed by atoms with Crippen molar-refractivity contribution < 1.29 is 19.8 Å². The number of piperidine rings is 2. The van der Waals surface area contributed by atoms with Crippen molar-refractivity contribution in [2.24, 2.45) is 0 Å². The molecule has 3 amide bonds. The van der Waals surface area contributed by atoms with Gasteiger partial charge >= 0.3 is 12.1 Å². The van der Waals surface area contributed by atoms with Crippen molar-refractivity contribution >= 4 is 12.1 Å². The molecule has 0 aromatic heterocycles. The minimum Gasteiger partial charge on any atom is -0.465 e. The molecule has 3 rings (SSSR count). The zero-order valence-corrected chi connectivity index (χ0v) is 12.1. The Bertz CT molecular complexity index is 416. The maximum atomic E-state index is 12.5. The highest BCUT2D eigenvalue weighted by Crippen LogP contribution is 2.35. The first kappa shape index (κ1) is 14.4. The van der Waals surface area contributed by atoms with Crippen molar-refractivity contribution in [3.63, 3.8) is 0 Å². The van der Waals surface area contributed by atoms with E-state index in [2.05, 4.69) is 5.32 Å². The van der Waals surface area contributed by atoms with Crippen LogP contribution in [-0.4, -0.2) is 69.5 Å². The lowest BCUT2D eigenvalue weighted by Crippen LogP contribution is -2.56. The number of aliphatic hydroxyl groups excluding tert-OH is 1. The number of hydrogen-bond donors (Lipinski definition) is 3. The van der Waals surface area contributed by atoms with Crippen LogP contribution in [0, 0.1) is 0 Å². The molecule has 0 aliphatic carbocycles. The number of aliphatic hydroxyl groups is 1. The fraction of sp³-hybridized carbons (Fsp3) is 0.857. The third kappa shape index (κ3) is 2.92. The van der Waals surface area contributed by atoms with Gasteiger partial charge in [-0.3, -0.25) is 0 Å². The van der Waals surface area contributed by atoms with Crippen LogP contribution in [0.1, 0.15) is 38.5 Å². The van der Waals surface area contributed by atoms with Crippen LogP contribution >= 0.6 is 0 Å². The van der Waals surface area contributed by atoms with E-state index in [-0.39, 0.29) is 30.3 Å². The number of likely N-dealkylation sites (tertiary alicyclic amines) is 1. The summed E-state index contributed by atoms with van der Waals surface area (Å²) in [5.74, 6) is 0. The molecule has 3 aliphatic rings. The van der Waals surface area contributed by atoms with Gasteiger partial charge in [-0.25, -0.2) is 9.59 Å². The van der Waals surface area contributed by atoms with E-state index in [0.29, 0.717) is 25.9 Å². The van der Waals surface area contributed by atoms with Crippen LogP contribution in [0.3, 0.4) is 0 Å². The van der Waals surface area contributed by atoms with E-state index in [4.69, 9.17) is 5.11 Å². The predicted molar refractivity (Wildman–Crippen MR) is 75.0 cm³/mol. The molecule has 0 aromatic rings. The summed E-state index contributed by atoms with van der Waals surface area (Å²) in [4.78, 5) is 26.7. The summed E-state index contributed by atoms with van der Waals surface area (Å²) in [6.45, 7) is 0.912. The van der Waals surface area contributed by atoms with Gasteiger partial charge < -0.3 is 25.3 Å². The maximum absolute atomic E-state index is 12.5. The molecule has 0 radical (unpaired) electrons. The molecule has 3 N–H and O–H groups in total. The van der Waals surface area contributed by atoms with E-state index in [1.165, 1.54) is 4.90 Å². The Hall–Kier alpha value is -1.50. The predicted octanol–water partition coefficient (Wildman–Crippen LogP) is 0.826. The molecule has 3 heterocycles. The van der Waals surface area contributed by atoms with Crippen molar-refractivity contribution in [1.82, 2.24) is 15.1 Å². The molecule has 0 saturated carbocycles. The number of rotatable bonds is 1. The first-order chi connectivity index (χ1) is 10.0. The molecule has 7 heteroatoms. The SMILES string of the molecule is O=C(O)N1CCC[C@H](NC(=O)N2C3CCC2CC(O)C3)C1. The second-order valence-corrected chi connectivity index (χ2v) is 6.43. The zero-order chi connectivity index (χ0) is 15.0. The Labute approximate surface area is 123 Å². The van der Waals surface area contributed by atoms with Crippen molar-refractivity contribution in [2.45, 2.75) is 62.8 Å². The van der Waals surface area contributed by atoms with Gasteiger partial charge in [-0.05, 0) is 38.5 Å². The lowest BCUT2D eigenvalue weighted by molar-refractivity contribution is 0.0520. The molecule has 3 aliphatic heterocycles. The number of nitrogens with one attached hydrogen (secondary N) is 1. The van der Waals surface area contributed by atoms with E-state index < -0.39 is 6.09 Å². The van der Waals surface area contributed by atoms with Crippen LogP contribution in [-0.2, 0) is 0 Å². The molecule has 7 nitrogen and oxygen atoms in total. The highest BCUT2D eigenvalue weighted by atomic mass is 16.4. The number of carboxylic acid groups (broad SMARTS) is 1. The van der Waals surface area contributed by atoms with Crippen LogP contribution in [0.4, 0.5) is 9.59 Å².